The van der Waals surface area contributed by atoms with Crippen molar-refractivity contribution in [3.05, 3.63) is 30.1 Å². The number of nitrogens with two attached hydrogens (primary N) is 1. The van der Waals surface area contributed by atoms with Crippen LogP contribution in [0.25, 0.3) is 0 Å². The molecule has 0 bridgehead atoms. The summed E-state index contributed by atoms with van der Waals surface area (Å²) in [6, 6.07) is 3.35. The first-order chi connectivity index (χ1) is 8.15. The molecule has 0 fully saturated rings. The minimum atomic E-state index is -0.403. The molecule has 0 aromatic carbocycles. The number of carbonyl (C=O) groups is 1. The first-order valence-electron chi connectivity index (χ1n) is 6.11. The van der Waals surface area contributed by atoms with Crippen LogP contribution in [0.5, 0.6) is 0 Å². The molecule has 1 unspecified atom stereocenters. The summed E-state index contributed by atoms with van der Waals surface area (Å²) in [6.07, 6.45) is 6.22. The van der Waals surface area contributed by atoms with E-state index in [0.717, 1.165) is 24.8 Å². The Morgan fingerprint density at radius 3 is 2.71 bits per heavy atom. The first-order valence-corrected chi connectivity index (χ1v) is 6.11. The van der Waals surface area contributed by atoms with Gasteiger partial charge in [-0.3, -0.25) is 9.78 Å². The normalized spacial score (nSPS) is 14.1. The molecule has 1 aromatic heterocycles. The molecular weight excluding hydrogens is 214 g/mol. The molecule has 0 aliphatic heterocycles. The number of nitrogens with zero attached hydrogens (tertiary/aromatic N) is 1. The summed E-state index contributed by atoms with van der Waals surface area (Å²) in [5, 5.41) is 2.91. The van der Waals surface area contributed by atoms with Crippen LogP contribution in [-0.2, 0) is 4.79 Å². The Morgan fingerprint density at radius 2 is 2.12 bits per heavy atom. The van der Waals surface area contributed by atoms with Gasteiger partial charge in [-0.15, -0.1) is 0 Å². The highest BCUT2D eigenvalue weighted by Crippen LogP contribution is 2.10. The fourth-order valence-electron chi connectivity index (χ4n) is 1.61. The van der Waals surface area contributed by atoms with Crippen LogP contribution >= 0.6 is 0 Å². The monoisotopic (exact) mass is 235 g/mol. The molecule has 1 rings (SSSR count). The van der Waals surface area contributed by atoms with Gasteiger partial charge in [0.05, 0.1) is 12.1 Å². The quantitative estimate of drug-likeness (QED) is 0.789. The lowest BCUT2D eigenvalue weighted by Gasteiger charge is -2.17. The van der Waals surface area contributed by atoms with Crippen molar-refractivity contribution in [2.45, 2.75) is 45.2 Å². The van der Waals surface area contributed by atoms with E-state index in [1.165, 1.54) is 0 Å². The minimum Gasteiger partial charge on any atom is -0.348 e. The lowest BCUT2D eigenvalue weighted by molar-refractivity contribution is -0.123. The van der Waals surface area contributed by atoms with Crippen LogP contribution in [0.15, 0.2) is 24.5 Å². The third kappa shape index (κ3) is 4.53. The first kappa shape index (κ1) is 13.6. The molecule has 2 atom stereocenters. The molecule has 94 valence electrons. The van der Waals surface area contributed by atoms with Gasteiger partial charge in [-0.05, 0) is 31.0 Å². The second-order valence-corrected chi connectivity index (χ2v) is 4.26. The van der Waals surface area contributed by atoms with E-state index in [2.05, 4.69) is 17.2 Å². The number of rotatable bonds is 6. The van der Waals surface area contributed by atoms with E-state index >= 15 is 0 Å². The zero-order chi connectivity index (χ0) is 12.7. The molecule has 0 saturated carbocycles. The van der Waals surface area contributed by atoms with Gasteiger partial charge in [-0.2, -0.15) is 0 Å². The van der Waals surface area contributed by atoms with Gasteiger partial charge < -0.3 is 11.1 Å². The maximum atomic E-state index is 11.8. The molecule has 3 N–H and O–H groups in total. The van der Waals surface area contributed by atoms with Gasteiger partial charge in [0.1, 0.15) is 0 Å². The highest BCUT2D eigenvalue weighted by atomic mass is 16.2. The number of amides is 1. The minimum absolute atomic E-state index is 0.0295. The maximum absolute atomic E-state index is 11.8. The molecule has 4 nitrogen and oxygen atoms in total. The van der Waals surface area contributed by atoms with E-state index in [-0.39, 0.29) is 11.9 Å². The third-order valence-electron chi connectivity index (χ3n) is 2.77. The van der Waals surface area contributed by atoms with E-state index in [4.69, 9.17) is 5.73 Å². The number of aromatic nitrogens is 1. The smallest absolute Gasteiger partial charge is 0.237 e. The second kappa shape index (κ2) is 7.01. The van der Waals surface area contributed by atoms with E-state index in [1.54, 1.807) is 12.4 Å². The maximum Gasteiger partial charge on any atom is 0.237 e. The molecule has 0 spiro atoms. The Balaban J connectivity index is 2.46. The molecule has 4 heteroatoms. The lowest BCUT2D eigenvalue weighted by atomic mass is 10.1. The Labute approximate surface area is 103 Å². The van der Waals surface area contributed by atoms with E-state index in [1.807, 2.05) is 19.1 Å². The highest BCUT2D eigenvalue weighted by Gasteiger charge is 2.15. The summed E-state index contributed by atoms with van der Waals surface area (Å²) >= 11 is 0. The number of pyridine rings is 1. The van der Waals surface area contributed by atoms with Gasteiger partial charge in [0.15, 0.2) is 0 Å². The number of nitrogens with one attached hydrogen (secondary N) is 1. The Kier molecular flexibility index (Phi) is 5.63. The van der Waals surface area contributed by atoms with Crippen LogP contribution in [0.3, 0.4) is 0 Å². The standard InChI is InChI=1S/C13H21N3O/c1-3-4-5-12(14)13(17)16-10(2)11-6-8-15-9-7-11/h6-10,12H,3-5,14H2,1-2H3,(H,16,17)/t10-,12?/m1/s1. The zero-order valence-electron chi connectivity index (χ0n) is 10.5. The summed E-state index contributed by atoms with van der Waals surface area (Å²) in [5.41, 5.74) is 6.84. The lowest BCUT2D eigenvalue weighted by Crippen LogP contribution is -2.41. The fourth-order valence-corrected chi connectivity index (χ4v) is 1.61. The average molecular weight is 235 g/mol. The number of hydrogen-bond donors (Lipinski definition) is 2. The van der Waals surface area contributed by atoms with E-state index in [9.17, 15) is 4.79 Å². The summed E-state index contributed by atoms with van der Waals surface area (Å²) < 4.78 is 0. The van der Waals surface area contributed by atoms with Gasteiger partial charge in [0, 0.05) is 12.4 Å². The van der Waals surface area contributed by atoms with Crippen LogP contribution in [0, 0.1) is 0 Å². The van der Waals surface area contributed by atoms with Crippen molar-refractivity contribution in [2.24, 2.45) is 5.73 Å². The van der Waals surface area contributed by atoms with Crippen molar-refractivity contribution >= 4 is 5.91 Å². The van der Waals surface area contributed by atoms with Crippen molar-refractivity contribution in [1.29, 1.82) is 0 Å². The Morgan fingerprint density at radius 1 is 1.47 bits per heavy atom. The number of hydrogen-bond acceptors (Lipinski definition) is 3. The predicted octanol–water partition coefficient (Wildman–Crippen LogP) is 1.78. The van der Waals surface area contributed by atoms with Crippen LogP contribution in [0.2, 0.25) is 0 Å². The zero-order valence-corrected chi connectivity index (χ0v) is 10.5. The summed E-state index contributed by atoms with van der Waals surface area (Å²) in [7, 11) is 0. The molecule has 1 heterocycles. The molecular formula is C13H21N3O. The molecule has 0 aliphatic rings. The number of unbranched alkanes of at least 4 members (excludes halogenated alkanes) is 1. The van der Waals surface area contributed by atoms with Gasteiger partial charge in [0.25, 0.3) is 0 Å². The molecule has 0 radical (unpaired) electrons. The molecule has 1 aromatic rings. The van der Waals surface area contributed by atoms with Crippen molar-refractivity contribution in [2.75, 3.05) is 0 Å². The largest absolute Gasteiger partial charge is 0.348 e. The fraction of sp³-hybridized carbons (Fsp3) is 0.538. The molecule has 0 saturated heterocycles. The second-order valence-electron chi connectivity index (χ2n) is 4.26. The predicted molar refractivity (Wildman–Crippen MR) is 68.3 cm³/mol. The SMILES string of the molecule is CCCCC(N)C(=O)N[C@H](C)c1ccncc1. The van der Waals surface area contributed by atoms with Crippen molar-refractivity contribution in [1.82, 2.24) is 10.3 Å². The Hall–Kier alpha value is -1.42. The van der Waals surface area contributed by atoms with Gasteiger partial charge in [-0.25, -0.2) is 0 Å². The summed E-state index contributed by atoms with van der Waals surface area (Å²) in [4.78, 5) is 15.7. The van der Waals surface area contributed by atoms with Crippen molar-refractivity contribution in [3.8, 4) is 0 Å². The molecule has 17 heavy (non-hydrogen) atoms. The van der Waals surface area contributed by atoms with E-state index in [0.29, 0.717) is 0 Å². The summed E-state index contributed by atoms with van der Waals surface area (Å²) in [5.74, 6) is -0.0808. The van der Waals surface area contributed by atoms with E-state index < -0.39 is 6.04 Å². The third-order valence-corrected chi connectivity index (χ3v) is 2.77. The van der Waals surface area contributed by atoms with Gasteiger partial charge in [0.2, 0.25) is 5.91 Å². The van der Waals surface area contributed by atoms with Gasteiger partial charge >= 0.3 is 0 Å². The number of carbonyl (C=O) groups excluding carboxylic acids is 1. The van der Waals surface area contributed by atoms with Crippen molar-refractivity contribution < 1.29 is 4.79 Å². The van der Waals surface area contributed by atoms with Crippen LogP contribution < -0.4 is 11.1 Å². The highest BCUT2D eigenvalue weighted by molar-refractivity contribution is 5.81. The van der Waals surface area contributed by atoms with Crippen molar-refractivity contribution in [3.63, 3.8) is 0 Å². The average Bonchev–Trinajstić information content (AvgIpc) is 2.36. The van der Waals surface area contributed by atoms with Crippen LogP contribution in [0.1, 0.15) is 44.7 Å². The molecule has 1 amide bonds. The van der Waals surface area contributed by atoms with Gasteiger partial charge in [-0.1, -0.05) is 19.8 Å². The Bertz CT molecular complexity index is 340. The molecule has 0 aliphatic carbocycles. The topological polar surface area (TPSA) is 68.0 Å². The van der Waals surface area contributed by atoms with Crippen LogP contribution in [0.4, 0.5) is 0 Å². The van der Waals surface area contributed by atoms with Crippen LogP contribution in [-0.4, -0.2) is 16.9 Å². The summed E-state index contributed by atoms with van der Waals surface area (Å²) in [6.45, 7) is 4.03.